The van der Waals surface area contributed by atoms with E-state index in [1.54, 1.807) is 24.3 Å². The van der Waals surface area contributed by atoms with E-state index in [4.69, 9.17) is 16.3 Å². The van der Waals surface area contributed by atoms with E-state index in [1.165, 1.54) is 20.2 Å². The van der Waals surface area contributed by atoms with Crippen LogP contribution in [-0.4, -0.2) is 39.3 Å². The molecular formula is C17H18ClFN2O4S. The predicted molar refractivity (Wildman–Crippen MR) is 96.1 cm³/mol. The molecule has 6 nitrogen and oxygen atoms in total. The fourth-order valence-electron chi connectivity index (χ4n) is 2.20. The number of carbonyl (C=O) groups is 1. The van der Waals surface area contributed by atoms with Crippen molar-refractivity contribution < 1.29 is 22.3 Å². The summed E-state index contributed by atoms with van der Waals surface area (Å²) in [6.07, 6.45) is 0. The number of ether oxygens (including phenoxy) is 1. The lowest BCUT2D eigenvalue weighted by Crippen LogP contribution is -2.38. The molecule has 2 aromatic rings. The standard InChI is InChI=1S/C17H18ClFN2O4S/c1-21(11-17(22)20-10-12-5-3-4-6-14(12)18)26(23,24)16-9-13(19)7-8-15(16)25-2/h3-9H,10-11H2,1-2H3,(H,20,22). The largest absolute Gasteiger partial charge is 0.495 e. The van der Waals surface area contributed by atoms with E-state index in [9.17, 15) is 17.6 Å². The van der Waals surface area contributed by atoms with E-state index >= 15 is 0 Å². The molecule has 0 radical (unpaired) electrons. The highest BCUT2D eigenvalue weighted by Gasteiger charge is 2.27. The zero-order valence-electron chi connectivity index (χ0n) is 14.2. The SMILES string of the molecule is COc1ccc(F)cc1S(=O)(=O)N(C)CC(=O)NCc1ccccc1Cl. The van der Waals surface area contributed by atoms with Gasteiger partial charge in [0.2, 0.25) is 15.9 Å². The number of hydrogen-bond donors (Lipinski definition) is 1. The first kappa shape index (κ1) is 20.2. The van der Waals surface area contributed by atoms with Crippen LogP contribution in [-0.2, 0) is 21.4 Å². The molecule has 0 aromatic heterocycles. The van der Waals surface area contributed by atoms with Crippen LogP contribution in [0.4, 0.5) is 4.39 Å². The van der Waals surface area contributed by atoms with E-state index in [1.807, 2.05) is 0 Å². The number of sulfonamides is 1. The number of carbonyl (C=O) groups excluding carboxylic acids is 1. The Morgan fingerprint density at radius 2 is 1.96 bits per heavy atom. The molecule has 2 aromatic carbocycles. The van der Waals surface area contributed by atoms with Gasteiger partial charge >= 0.3 is 0 Å². The van der Waals surface area contributed by atoms with Gasteiger partial charge in [-0.1, -0.05) is 29.8 Å². The Bertz CT molecular complexity index is 905. The Morgan fingerprint density at radius 1 is 1.27 bits per heavy atom. The van der Waals surface area contributed by atoms with Gasteiger partial charge in [0.05, 0.1) is 13.7 Å². The average molecular weight is 401 g/mol. The van der Waals surface area contributed by atoms with Crippen LogP contribution in [0.5, 0.6) is 5.75 Å². The highest BCUT2D eigenvalue weighted by atomic mass is 35.5. The Morgan fingerprint density at radius 3 is 2.62 bits per heavy atom. The van der Waals surface area contributed by atoms with Gasteiger partial charge in [-0.05, 0) is 29.8 Å². The minimum atomic E-state index is -4.11. The zero-order chi connectivity index (χ0) is 19.3. The molecular weight excluding hydrogens is 383 g/mol. The minimum Gasteiger partial charge on any atom is -0.495 e. The van der Waals surface area contributed by atoms with E-state index in [-0.39, 0.29) is 17.2 Å². The number of likely N-dealkylation sites (N-methyl/N-ethyl adjacent to an activating group) is 1. The average Bonchev–Trinajstić information content (AvgIpc) is 2.61. The smallest absolute Gasteiger partial charge is 0.247 e. The quantitative estimate of drug-likeness (QED) is 0.774. The second kappa shape index (κ2) is 8.48. The molecule has 0 atom stereocenters. The summed E-state index contributed by atoms with van der Waals surface area (Å²) in [6.45, 7) is -0.276. The monoisotopic (exact) mass is 400 g/mol. The topological polar surface area (TPSA) is 75.7 Å². The summed E-state index contributed by atoms with van der Waals surface area (Å²) in [5.41, 5.74) is 0.708. The van der Waals surface area contributed by atoms with E-state index < -0.39 is 28.3 Å². The van der Waals surface area contributed by atoms with Gasteiger partial charge in [-0.2, -0.15) is 4.31 Å². The van der Waals surface area contributed by atoms with Gasteiger partial charge in [-0.25, -0.2) is 12.8 Å². The summed E-state index contributed by atoms with van der Waals surface area (Å²) in [5.74, 6) is -1.25. The molecule has 0 aliphatic heterocycles. The van der Waals surface area contributed by atoms with Crippen LogP contribution in [0.25, 0.3) is 0 Å². The molecule has 0 saturated heterocycles. The third kappa shape index (κ3) is 4.72. The Labute approximate surface area is 156 Å². The molecule has 0 saturated carbocycles. The van der Waals surface area contributed by atoms with Crippen LogP contribution in [0.15, 0.2) is 47.4 Å². The Balaban J connectivity index is 2.08. The number of hydrogen-bond acceptors (Lipinski definition) is 4. The van der Waals surface area contributed by atoms with Crippen molar-refractivity contribution in [2.75, 3.05) is 20.7 Å². The van der Waals surface area contributed by atoms with Crippen LogP contribution < -0.4 is 10.1 Å². The number of nitrogens with one attached hydrogen (secondary N) is 1. The van der Waals surface area contributed by atoms with E-state index in [0.717, 1.165) is 16.4 Å². The lowest BCUT2D eigenvalue weighted by atomic mass is 10.2. The van der Waals surface area contributed by atoms with Gasteiger partial charge in [-0.15, -0.1) is 0 Å². The number of halogens is 2. The third-order valence-corrected chi connectivity index (χ3v) is 5.81. The third-order valence-electron chi connectivity index (χ3n) is 3.61. The maximum absolute atomic E-state index is 13.5. The van der Waals surface area contributed by atoms with Gasteiger partial charge in [0.25, 0.3) is 0 Å². The normalized spacial score (nSPS) is 11.4. The second-order valence-corrected chi connectivity index (χ2v) is 7.84. The first-order chi connectivity index (χ1) is 12.3. The highest BCUT2D eigenvalue weighted by molar-refractivity contribution is 7.89. The van der Waals surface area contributed by atoms with Crippen molar-refractivity contribution in [3.63, 3.8) is 0 Å². The lowest BCUT2D eigenvalue weighted by molar-refractivity contribution is -0.121. The van der Waals surface area contributed by atoms with Crippen LogP contribution in [0.3, 0.4) is 0 Å². The first-order valence-electron chi connectivity index (χ1n) is 7.55. The predicted octanol–water partition coefficient (Wildman–Crippen LogP) is 2.42. The molecule has 0 heterocycles. The maximum atomic E-state index is 13.5. The summed E-state index contributed by atoms with van der Waals surface area (Å²) in [7, 11) is -1.60. The van der Waals surface area contributed by atoms with E-state index in [0.29, 0.717) is 10.6 Å². The molecule has 0 bridgehead atoms. The summed E-state index contributed by atoms with van der Waals surface area (Å²) in [5, 5.41) is 3.10. The van der Waals surface area contributed by atoms with Gasteiger partial charge < -0.3 is 10.1 Å². The lowest BCUT2D eigenvalue weighted by Gasteiger charge is -2.18. The van der Waals surface area contributed by atoms with Crippen LogP contribution in [0, 0.1) is 5.82 Å². The summed E-state index contributed by atoms with van der Waals surface area (Å²) >= 11 is 6.01. The van der Waals surface area contributed by atoms with Gasteiger partial charge in [-0.3, -0.25) is 4.79 Å². The van der Waals surface area contributed by atoms with Gasteiger partial charge in [0, 0.05) is 18.6 Å². The highest BCUT2D eigenvalue weighted by Crippen LogP contribution is 2.26. The van der Waals surface area contributed by atoms with Crippen molar-refractivity contribution in [1.29, 1.82) is 0 Å². The van der Waals surface area contributed by atoms with E-state index in [2.05, 4.69) is 5.32 Å². The fourth-order valence-corrected chi connectivity index (χ4v) is 3.69. The van der Waals surface area contributed by atoms with Crippen molar-refractivity contribution in [3.8, 4) is 5.75 Å². The van der Waals surface area contributed by atoms with Crippen LogP contribution in [0.1, 0.15) is 5.56 Å². The summed E-state index contributed by atoms with van der Waals surface area (Å²) in [6, 6.07) is 10.1. The number of methoxy groups -OCH3 is 1. The zero-order valence-corrected chi connectivity index (χ0v) is 15.8. The van der Waals surface area contributed by atoms with Gasteiger partial charge in [0.15, 0.2) is 0 Å². The number of nitrogens with zero attached hydrogens (tertiary/aromatic N) is 1. The number of rotatable bonds is 7. The maximum Gasteiger partial charge on any atom is 0.247 e. The molecule has 0 spiro atoms. The number of amides is 1. The molecule has 9 heteroatoms. The minimum absolute atomic E-state index is 0.00488. The van der Waals surface area contributed by atoms with Crippen molar-refractivity contribution in [2.24, 2.45) is 0 Å². The molecule has 26 heavy (non-hydrogen) atoms. The molecule has 1 N–H and O–H groups in total. The van der Waals surface area contributed by atoms with Crippen molar-refractivity contribution in [1.82, 2.24) is 9.62 Å². The molecule has 0 unspecified atom stereocenters. The summed E-state index contributed by atoms with van der Waals surface area (Å²) < 4.78 is 44.5. The Hall–Kier alpha value is -2.16. The molecule has 0 fully saturated rings. The van der Waals surface area contributed by atoms with Crippen molar-refractivity contribution >= 4 is 27.5 Å². The molecule has 0 aliphatic rings. The van der Waals surface area contributed by atoms with Gasteiger partial charge in [0.1, 0.15) is 16.5 Å². The van der Waals surface area contributed by atoms with Crippen LogP contribution in [0.2, 0.25) is 5.02 Å². The molecule has 0 aliphatic carbocycles. The summed E-state index contributed by atoms with van der Waals surface area (Å²) in [4.78, 5) is 11.7. The van der Waals surface area contributed by atoms with Crippen molar-refractivity contribution in [2.45, 2.75) is 11.4 Å². The Kier molecular flexibility index (Phi) is 6.57. The molecule has 2 rings (SSSR count). The molecule has 1 amide bonds. The molecule has 140 valence electrons. The fraction of sp³-hybridized carbons (Fsp3) is 0.235. The van der Waals surface area contributed by atoms with Crippen LogP contribution >= 0.6 is 11.6 Å². The van der Waals surface area contributed by atoms with Crippen molar-refractivity contribution in [3.05, 3.63) is 58.9 Å². The first-order valence-corrected chi connectivity index (χ1v) is 9.37. The number of benzene rings is 2. The second-order valence-electron chi connectivity index (χ2n) is 5.42.